The summed E-state index contributed by atoms with van der Waals surface area (Å²) in [6.45, 7) is 5.86. The van der Waals surface area contributed by atoms with Crippen LogP contribution in [-0.2, 0) is 13.0 Å². The predicted octanol–water partition coefficient (Wildman–Crippen LogP) is 1.52. The third-order valence-electron chi connectivity index (χ3n) is 4.52. The molecule has 0 saturated carbocycles. The van der Waals surface area contributed by atoms with Gasteiger partial charge in [0.15, 0.2) is 0 Å². The van der Waals surface area contributed by atoms with Crippen LogP contribution in [0, 0.1) is 13.8 Å². The van der Waals surface area contributed by atoms with E-state index in [1.54, 1.807) is 20.2 Å². The molecule has 3 rings (SSSR count). The van der Waals surface area contributed by atoms with Gasteiger partial charge in [-0.15, -0.1) is 0 Å². The van der Waals surface area contributed by atoms with Gasteiger partial charge in [0, 0.05) is 23.9 Å². The van der Waals surface area contributed by atoms with Crippen molar-refractivity contribution in [3.8, 4) is 5.88 Å². The van der Waals surface area contributed by atoms with Gasteiger partial charge in [-0.25, -0.2) is 9.97 Å². The van der Waals surface area contributed by atoms with Crippen molar-refractivity contribution in [1.29, 1.82) is 0 Å². The molecule has 0 aliphatic heterocycles. The number of hydrogen-bond donors (Lipinski definition) is 2. The minimum Gasteiger partial charge on any atom is -0.481 e. The molecule has 1 atom stereocenters. The molecule has 0 fully saturated rings. The number of aliphatic hydroxyl groups excluding tert-OH is 1. The number of carbonyl (C=O) groups excluding carboxylic acids is 1. The molecule has 0 aliphatic carbocycles. The van der Waals surface area contributed by atoms with Crippen LogP contribution in [0.15, 0.2) is 18.6 Å². The highest BCUT2D eigenvalue weighted by molar-refractivity contribution is 6.06. The molecule has 3 aromatic rings. The monoisotopic (exact) mass is 369 g/mol. The lowest BCUT2D eigenvalue weighted by Crippen LogP contribution is -2.19. The zero-order valence-electron chi connectivity index (χ0n) is 15.9. The molecule has 3 heterocycles. The normalized spacial score (nSPS) is 12.3. The average molecular weight is 369 g/mol. The quantitative estimate of drug-likeness (QED) is 0.680. The summed E-state index contributed by atoms with van der Waals surface area (Å²) in [7, 11) is 1.56. The van der Waals surface area contributed by atoms with E-state index >= 15 is 0 Å². The standard InChI is InChI=1S/C19H23N5O3/c1-10-5-15-17(21-7-10)16(18(20)26)14(6-11(2)25)24(15)8-13-12(3)19(27-4)23-9-22-13/h5,7,9,11,25H,6,8H2,1-4H3,(H2,20,26). The minimum absolute atomic E-state index is 0.273. The number of aryl methyl sites for hydroxylation is 1. The molecule has 8 heteroatoms. The molecule has 0 radical (unpaired) electrons. The second-order valence-corrected chi connectivity index (χ2v) is 6.66. The van der Waals surface area contributed by atoms with E-state index in [4.69, 9.17) is 10.5 Å². The number of aliphatic hydroxyl groups is 1. The van der Waals surface area contributed by atoms with Gasteiger partial charge in [-0.1, -0.05) is 0 Å². The van der Waals surface area contributed by atoms with Crippen LogP contribution < -0.4 is 10.5 Å². The van der Waals surface area contributed by atoms with Crippen molar-refractivity contribution in [2.75, 3.05) is 7.11 Å². The van der Waals surface area contributed by atoms with E-state index in [0.29, 0.717) is 29.2 Å². The molecule has 27 heavy (non-hydrogen) atoms. The Morgan fingerprint density at radius 3 is 2.70 bits per heavy atom. The lowest BCUT2D eigenvalue weighted by Gasteiger charge is -2.15. The first-order valence-electron chi connectivity index (χ1n) is 8.63. The van der Waals surface area contributed by atoms with E-state index in [2.05, 4.69) is 15.0 Å². The van der Waals surface area contributed by atoms with E-state index < -0.39 is 12.0 Å². The van der Waals surface area contributed by atoms with Gasteiger partial charge in [0.2, 0.25) is 5.88 Å². The largest absolute Gasteiger partial charge is 0.481 e. The van der Waals surface area contributed by atoms with E-state index in [1.807, 2.05) is 24.5 Å². The van der Waals surface area contributed by atoms with Crippen molar-refractivity contribution >= 4 is 16.9 Å². The Bertz CT molecular complexity index is 1010. The Hall–Kier alpha value is -3.00. The van der Waals surface area contributed by atoms with Crippen molar-refractivity contribution in [3.63, 3.8) is 0 Å². The second-order valence-electron chi connectivity index (χ2n) is 6.66. The number of aromatic nitrogens is 4. The van der Waals surface area contributed by atoms with E-state index in [-0.39, 0.29) is 6.42 Å². The van der Waals surface area contributed by atoms with Crippen LogP contribution in [0.3, 0.4) is 0 Å². The van der Waals surface area contributed by atoms with Crippen molar-refractivity contribution in [3.05, 3.63) is 46.7 Å². The van der Waals surface area contributed by atoms with Crippen LogP contribution in [0.4, 0.5) is 0 Å². The fourth-order valence-corrected chi connectivity index (χ4v) is 3.28. The Labute approximate surface area is 157 Å². The Morgan fingerprint density at radius 1 is 1.33 bits per heavy atom. The molecule has 0 aliphatic rings. The van der Waals surface area contributed by atoms with Gasteiger partial charge >= 0.3 is 0 Å². The summed E-state index contributed by atoms with van der Waals surface area (Å²) < 4.78 is 7.22. The van der Waals surface area contributed by atoms with Gasteiger partial charge in [0.1, 0.15) is 11.8 Å². The maximum Gasteiger partial charge on any atom is 0.252 e. The molecular weight excluding hydrogens is 346 g/mol. The molecular formula is C19H23N5O3. The van der Waals surface area contributed by atoms with E-state index in [0.717, 1.165) is 22.3 Å². The summed E-state index contributed by atoms with van der Waals surface area (Å²) in [6, 6.07) is 1.95. The molecule has 142 valence electrons. The van der Waals surface area contributed by atoms with Crippen molar-refractivity contribution in [2.45, 2.75) is 39.8 Å². The number of carbonyl (C=O) groups is 1. The molecule has 1 amide bonds. The number of ether oxygens (including phenoxy) is 1. The van der Waals surface area contributed by atoms with Crippen LogP contribution in [0.1, 0.15) is 39.8 Å². The lowest BCUT2D eigenvalue weighted by molar-refractivity contribution is 0.0999. The summed E-state index contributed by atoms with van der Waals surface area (Å²) in [5.74, 6) is -0.0688. The second kappa shape index (κ2) is 7.32. The highest BCUT2D eigenvalue weighted by Gasteiger charge is 2.24. The highest BCUT2D eigenvalue weighted by Crippen LogP contribution is 2.28. The van der Waals surface area contributed by atoms with Gasteiger partial charge in [-0.2, -0.15) is 0 Å². The topological polar surface area (TPSA) is 116 Å². The summed E-state index contributed by atoms with van der Waals surface area (Å²) in [5, 5.41) is 9.99. The zero-order chi connectivity index (χ0) is 19.7. The summed E-state index contributed by atoms with van der Waals surface area (Å²) >= 11 is 0. The van der Waals surface area contributed by atoms with Gasteiger partial charge in [0.25, 0.3) is 5.91 Å². The number of primary amides is 1. The average Bonchev–Trinajstić information content (AvgIpc) is 2.89. The van der Waals surface area contributed by atoms with Crippen LogP contribution in [0.5, 0.6) is 5.88 Å². The number of rotatable bonds is 6. The molecule has 0 bridgehead atoms. The van der Waals surface area contributed by atoms with Gasteiger partial charge < -0.3 is 20.1 Å². The molecule has 0 aromatic carbocycles. The number of fused-ring (bicyclic) bond motifs is 1. The Balaban J connectivity index is 2.27. The zero-order valence-corrected chi connectivity index (χ0v) is 15.9. The van der Waals surface area contributed by atoms with Gasteiger partial charge in [0.05, 0.1) is 36.5 Å². The van der Waals surface area contributed by atoms with E-state index in [1.165, 1.54) is 6.33 Å². The van der Waals surface area contributed by atoms with Crippen LogP contribution in [0.2, 0.25) is 0 Å². The number of pyridine rings is 1. The van der Waals surface area contributed by atoms with Crippen molar-refractivity contribution in [1.82, 2.24) is 19.5 Å². The van der Waals surface area contributed by atoms with E-state index in [9.17, 15) is 9.90 Å². The Morgan fingerprint density at radius 2 is 2.07 bits per heavy atom. The lowest BCUT2D eigenvalue weighted by atomic mass is 10.1. The Kier molecular flexibility index (Phi) is 5.09. The molecule has 0 saturated heterocycles. The highest BCUT2D eigenvalue weighted by atomic mass is 16.5. The number of nitrogens with zero attached hydrogens (tertiary/aromatic N) is 4. The molecule has 8 nitrogen and oxygen atoms in total. The number of amides is 1. The fourth-order valence-electron chi connectivity index (χ4n) is 3.28. The number of methoxy groups -OCH3 is 1. The van der Waals surface area contributed by atoms with Gasteiger partial charge in [-0.05, 0) is 32.4 Å². The van der Waals surface area contributed by atoms with Crippen LogP contribution in [-0.4, -0.2) is 43.7 Å². The fraction of sp³-hybridized carbons (Fsp3) is 0.368. The number of nitrogens with two attached hydrogens (primary N) is 1. The molecule has 3 aromatic heterocycles. The maximum absolute atomic E-state index is 12.2. The first-order chi connectivity index (χ1) is 12.8. The molecule has 1 unspecified atom stereocenters. The summed E-state index contributed by atoms with van der Waals surface area (Å²) in [5.41, 5.74) is 10.5. The predicted molar refractivity (Wildman–Crippen MR) is 101 cm³/mol. The third kappa shape index (κ3) is 3.48. The maximum atomic E-state index is 12.2. The minimum atomic E-state index is -0.645. The van der Waals surface area contributed by atoms with Gasteiger partial charge in [-0.3, -0.25) is 9.78 Å². The van der Waals surface area contributed by atoms with Crippen LogP contribution in [0.25, 0.3) is 11.0 Å². The van der Waals surface area contributed by atoms with Crippen molar-refractivity contribution < 1.29 is 14.6 Å². The smallest absolute Gasteiger partial charge is 0.252 e. The number of hydrogen-bond acceptors (Lipinski definition) is 6. The van der Waals surface area contributed by atoms with Crippen molar-refractivity contribution in [2.24, 2.45) is 5.73 Å². The summed E-state index contributed by atoms with van der Waals surface area (Å²) in [6.07, 6.45) is 2.77. The first-order valence-corrected chi connectivity index (χ1v) is 8.63. The molecule has 3 N–H and O–H groups in total. The molecule has 0 spiro atoms. The van der Waals surface area contributed by atoms with Crippen LogP contribution >= 0.6 is 0 Å². The third-order valence-corrected chi connectivity index (χ3v) is 4.52. The summed E-state index contributed by atoms with van der Waals surface area (Å²) in [4.78, 5) is 25.1. The SMILES string of the molecule is COc1ncnc(Cn2c(CC(C)O)c(C(N)=O)c3ncc(C)cc32)c1C. The first kappa shape index (κ1) is 18.8.